The first kappa shape index (κ1) is 20.0. The molecule has 3 aromatic carbocycles. The highest BCUT2D eigenvalue weighted by atomic mass is 79.9. The van der Waals surface area contributed by atoms with Crippen LogP contribution in [-0.2, 0) is 0 Å². The van der Waals surface area contributed by atoms with Gasteiger partial charge in [-0.3, -0.25) is 4.79 Å². The molecule has 5 nitrogen and oxygen atoms in total. The van der Waals surface area contributed by atoms with Crippen LogP contribution >= 0.6 is 15.9 Å². The quantitative estimate of drug-likeness (QED) is 0.413. The van der Waals surface area contributed by atoms with Crippen molar-refractivity contribution in [3.63, 3.8) is 0 Å². The van der Waals surface area contributed by atoms with E-state index >= 15 is 0 Å². The van der Waals surface area contributed by atoms with E-state index in [2.05, 4.69) is 44.3 Å². The van der Waals surface area contributed by atoms with Crippen LogP contribution in [0.4, 0.5) is 5.69 Å². The summed E-state index contributed by atoms with van der Waals surface area (Å²) in [5.41, 5.74) is 5.84. The second-order valence-corrected chi connectivity index (χ2v) is 8.14. The van der Waals surface area contributed by atoms with Gasteiger partial charge in [-0.25, -0.2) is 9.67 Å². The molecule has 4 rings (SSSR count). The van der Waals surface area contributed by atoms with E-state index in [0.717, 1.165) is 32.4 Å². The van der Waals surface area contributed by atoms with Crippen molar-refractivity contribution >= 4 is 27.5 Å². The van der Waals surface area contributed by atoms with Crippen molar-refractivity contribution in [1.82, 2.24) is 14.8 Å². The Balaban J connectivity index is 1.81. The smallest absolute Gasteiger partial charge is 0.295 e. The number of rotatable bonds is 4. The number of amides is 1. The van der Waals surface area contributed by atoms with Crippen molar-refractivity contribution in [2.45, 2.75) is 20.8 Å². The molecule has 0 aliphatic rings. The third-order valence-corrected chi connectivity index (χ3v) is 5.47. The van der Waals surface area contributed by atoms with E-state index < -0.39 is 0 Å². The molecule has 0 unspecified atom stereocenters. The van der Waals surface area contributed by atoms with Crippen molar-refractivity contribution < 1.29 is 4.79 Å². The first-order valence-corrected chi connectivity index (χ1v) is 10.4. The average molecular weight is 461 g/mol. The number of hydrogen-bond donors (Lipinski definition) is 1. The lowest BCUT2D eigenvalue weighted by molar-refractivity contribution is 0.101. The topological polar surface area (TPSA) is 59.8 Å². The molecular formula is C24H21BrN4O. The molecule has 0 bridgehead atoms. The fraction of sp³-hybridized carbons (Fsp3) is 0.125. The number of carbonyl (C=O) groups excluding carboxylic acids is 1. The highest BCUT2D eigenvalue weighted by Gasteiger charge is 2.20. The van der Waals surface area contributed by atoms with E-state index in [-0.39, 0.29) is 11.7 Å². The van der Waals surface area contributed by atoms with Crippen molar-refractivity contribution in [3.8, 4) is 17.1 Å². The fourth-order valence-corrected chi connectivity index (χ4v) is 3.66. The van der Waals surface area contributed by atoms with E-state index in [4.69, 9.17) is 0 Å². The Bertz CT molecular complexity index is 1250. The lowest BCUT2D eigenvalue weighted by atomic mass is 10.1. The minimum Gasteiger partial charge on any atom is -0.319 e. The van der Waals surface area contributed by atoms with Crippen LogP contribution in [-0.4, -0.2) is 20.7 Å². The Morgan fingerprint density at radius 2 is 1.73 bits per heavy atom. The summed E-state index contributed by atoms with van der Waals surface area (Å²) in [6, 6.07) is 21.5. The Hall–Kier alpha value is -3.25. The Morgan fingerprint density at radius 3 is 2.50 bits per heavy atom. The van der Waals surface area contributed by atoms with Crippen LogP contribution < -0.4 is 5.32 Å². The van der Waals surface area contributed by atoms with E-state index in [1.54, 1.807) is 4.68 Å². The Labute approximate surface area is 183 Å². The van der Waals surface area contributed by atoms with Gasteiger partial charge >= 0.3 is 0 Å². The normalized spacial score (nSPS) is 10.8. The summed E-state index contributed by atoms with van der Waals surface area (Å²) in [7, 11) is 0. The first-order chi connectivity index (χ1) is 14.4. The van der Waals surface area contributed by atoms with Crippen LogP contribution in [0.25, 0.3) is 17.1 Å². The predicted molar refractivity (Wildman–Crippen MR) is 123 cm³/mol. The van der Waals surface area contributed by atoms with Gasteiger partial charge in [0, 0.05) is 15.7 Å². The van der Waals surface area contributed by atoms with Crippen LogP contribution in [0.3, 0.4) is 0 Å². The van der Waals surface area contributed by atoms with E-state index in [0.29, 0.717) is 11.5 Å². The SMILES string of the molecule is Cc1cccc(-c2nc(C(=O)Nc3cccc(Br)c3)nn2-c2cccc(C)c2C)c1. The second-order valence-electron chi connectivity index (χ2n) is 7.22. The third kappa shape index (κ3) is 4.04. The van der Waals surface area contributed by atoms with Gasteiger partial charge in [-0.15, -0.1) is 5.10 Å². The molecule has 150 valence electrons. The zero-order valence-corrected chi connectivity index (χ0v) is 18.6. The molecule has 0 spiro atoms. The molecule has 0 fully saturated rings. The number of nitrogens with zero attached hydrogens (tertiary/aromatic N) is 3. The monoisotopic (exact) mass is 460 g/mol. The van der Waals surface area contributed by atoms with Crippen molar-refractivity contribution in [2.75, 3.05) is 5.32 Å². The summed E-state index contributed by atoms with van der Waals surface area (Å²) >= 11 is 3.42. The number of aryl methyl sites for hydroxylation is 2. The van der Waals surface area contributed by atoms with E-state index in [1.165, 1.54) is 0 Å². The maximum Gasteiger partial charge on any atom is 0.295 e. The van der Waals surface area contributed by atoms with Gasteiger partial charge in [-0.05, 0) is 62.2 Å². The Morgan fingerprint density at radius 1 is 0.967 bits per heavy atom. The molecule has 0 atom stereocenters. The molecule has 6 heteroatoms. The van der Waals surface area contributed by atoms with E-state index in [1.807, 2.05) is 74.5 Å². The van der Waals surface area contributed by atoms with E-state index in [9.17, 15) is 4.79 Å². The number of nitrogens with one attached hydrogen (secondary N) is 1. The lowest BCUT2D eigenvalue weighted by Gasteiger charge is -2.11. The highest BCUT2D eigenvalue weighted by molar-refractivity contribution is 9.10. The molecule has 1 aromatic heterocycles. The summed E-state index contributed by atoms with van der Waals surface area (Å²) in [4.78, 5) is 17.5. The van der Waals surface area contributed by atoms with Crippen LogP contribution in [0.5, 0.6) is 0 Å². The summed E-state index contributed by atoms with van der Waals surface area (Å²) in [6.07, 6.45) is 0. The zero-order valence-electron chi connectivity index (χ0n) is 17.0. The zero-order chi connectivity index (χ0) is 21.3. The number of halogens is 1. The number of carbonyl (C=O) groups is 1. The maximum absolute atomic E-state index is 12.9. The standard InChI is InChI=1S/C24H21BrN4O/c1-15-7-4-9-18(13-15)23-27-22(24(30)26-20-11-6-10-19(25)14-20)28-29(23)21-12-5-8-16(2)17(21)3/h4-14H,1-3H3,(H,26,30). The van der Waals surface area contributed by atoms with Gasteiger partial charge < -0.3 is 5.32 Å². The minimum atomic E-state index is -0.356. The van der Waals surface area contributed by atoms with Gasteiger partial charge in [-0.2, -0.15) is 0 Å². The van der Waals surface area contributed by atoms with Gasteiger partial charge in [0.05, 0.1) is 5.69 Å². The molecule has 0 aliphatic carbocycles. The molecule has 30 heavy (non-hydrogen) atoms. The average Bonchev–Trinajstić information content (AvgIpc) is 3.15. The van der Waals surface area contributed by atoms with Crippen LogP contribution in [0.15, 0.2) is 71.2 Å². The van der Waals surface area contributed by atoms with Crippen molar-refractivity contribution in [1.29, 1.82) is 0 Å². The lowest BCUT2D eigenvalue weighted by Crippen LogP contribution is -2.14. The maximum atomic E-state index is 12.9. The predicted octanol–water partition coefficient (Wildman–Crippen LogP) is 5.87. The first-order valence-electron chi connectivity index (χ1n) is 9.60. The summed E-state index contributed by atoms with van der Waals surface area (Å²) in [6.45, 7) is 6.14. The number of hydrogen-bond acceptors (Lipinski definition) is 3. The molecule has 1 N–H and O–H groups in total. The van der Waals surface area contributed by atoms with Gasteiger partial charge in [0.2, 0.25) is 5.82 Å². The summed E-state index contributed by atoms with van der Waals surface area (Å²) in [5, 5.41) is 7.46. The number of anilines is 1. The number of aromatic nitrogens is 3. The van der Waals surface area contributed by atoms with Gasteiger partial charge in [-0.1, -0.05) is 57.9 Å². The van der Waals surface area contributed by atoms with Crippen LogP contribution in [0.2, 0.25) is 0 Å². The largest absolute Gasteiger partial charge is 0.319 e. The molecule has 4 aromatic rings. The van der Waals surface area contributed by atoms with Crippen molar-refractivity contribution in [2.24, 2.45) is 0 Å². The van der Waals surface area contributed by atoms with Gasteiger partial charge in [0.1, 0.15) is 0 Å². The summed E-state index contributed by atoms with van der Waals surface area (Å²) < 4.78 is 2.64. The Kier molecular flexibility index (Phi) is 5.50. The molecular weight excluding hydrogens is 440 g/mol. The summed E-state index contributed by atoms with van der Waals surface area (Å²) in [5.74, 6) is 0.394. The molecule has 0 saturated heterocycles. The van der Waals surface area contributed by atoms with Crippen LogP contribution in [0.1, 0.15) is 27.3 Å². The third-order valence-electron chi connectivity index (χ3n) is 4.97. The molecule has 1 amide bonds. The fourth-order valence-electron chi connectivity index (χ4n) is 3.27. The number of benzene rings is 3. The van der Waals surface area contributed by atoms with Crippen molar-refractivity contribution in [3.05, 3.63) is 93.7 Å². The molecule has 0 aliphatic heterocycles. The second kappa shape index (κ2) is 8.24. The van der Waals surface area contributed by atoms with Gasteiger partial charge in [0.15, 0.2) is 5.82 Å². The molecule has 0 radical (unpaired) electrons. The molecule has 1 heterocycles. The molecule has 0 saturated carbocycles. The van der Waals surface area contributed by atoms with Crippen LogP contribution in [0, 0.1) is 20.8 Å². The minimum absolute atomic E-state index is 0.118. The van der Waals surface area contributed by atoms with Gasteiger partial charge in [0.25, 0.3) is 5.91 Å². The highest BCUT2D eigenvalue weighted by Crippen LogP contribution is 2.25.